The topological polar surface area (TPSA) is 52.6 Å². The zero-order valence-corrected chi connectivity index (χ0v) is 14.9. The van der Waals surface area contributed by atoms with Crippen molar-refractivity contribution in [3.63, 3.8) is 0 Å². The number of rotatable bonds is 8. The Morgan fingerprint density at radius 3 is 2.00 bits per heavy atom. The summed E-state index contributed by atoms with van der Waals surface area (Å²) in [5, 5.41) is 0.663. The van der Waals surface area contributed by atoms with Crippen molar-refractivity contribution < 1.29 is 19.1 Å². The van der Waals surface area contributed by atoms with Gasteiger partial charge >= 0.3 is 11.9 Å². The molecule has 0 fully saturated rings. The lowest BCUT2D eigenvalue weighted by Gasteiger charge is -2.10. The Morgan fingerprint density at radius 1 is 0.880 bits per heavy atom. The molecule has 0 aliphatic heterocycles. The number of hydrogen-bond acceptors (Lipinski definition) is 4. The van der Waals surface area contributed by atoms with E-state index in [9.17, 15) is 9.59 Å². The van der Waals surface area contributed by atoms with E-state index in [1.807, 2.05) is 19.1 Å². The molecule has 0 saturated carbocycles. The molecule has 2 aromatic carbocycles. The van der Waals surface area contributed by atoms with Crippen molar-refractivity contribution in [3.05, 3.63) is 70.2 Å². The summed E-state index contributed by atoms with van der Waals surface area (Å²) in [5.74, 6) is -1.03. The molecule has 0 bridgehead atoms. The van der Waals surface area contributed by atoms with E-state index in [1.54, 1.807) is 36.4 Å². The molecule has 5 heteroatoms. The smallest absolute Gasteiger partial charge is 0.339 e. The van der Waals surface area contributed by atoms with E-state index in [0.717, 1.165) is 18.4 Å². The summed E-state index contributed by atoms with van der Waals surface area (Å²) in [5.41, 5.74) is 1.47. The van der Waals surface area contributed by atoms with Crippen molar-refractivity contribution in [1.82, 2.24) is 0 Å². The number of halogens is 1. The van der Waals surface area contributed by atoms with Gasteiger partial charge in [-0.3, -0.25) is 0 Å². The largest absolute Gasteiger partial charge is 0.462 e. The molecular weight excluding hydrogens is 340 g/mol. The van der Waals surface area contributed by atoms with Gasteiger partial charge in [-0.2, -0.15) is 0 Å². The zero-order valence-electron chi connectivity index (χ0n) is 14.2. The predicted molar refractivity (Wildman–Crippen MR) is 97.1 cm³/mol. The maximum absolute atomic E-state index is 12.3. The van der Waals surface area contributed by atoms with E-state index in [0.29, 0.717) is 18.1 Å². The molecule has 0 aliphatic rings. The van der Waals surface area contributed by atoms with Gasteiger partial charge in [0.2, 0.25) is 0 Å². The van der Waals surface area contributed by atoms with Crippen LogP contribution < -0.4 is 0 Å². The van der Waals surface area contributed by atoms with Crippen molar-refractivity contribution in [2.45, 2.75) is 26.2 Å². The third kappa shape index (κ3) is 5.91. The maximum atomic E-state index is 12.3. The third-order valence-corrected chi connectivity index (χ3v) is 3.89. The first-order valence-corrected chi connectivity index (χ1v) is 8.67. The van der Waals surface area contributed by atoms with Crippen LogP contribution in [0.25, 0.3) is 0 Å². The average Bonchev–Trinajstić information content (AvgIpc) is 2.63. The van der Waals surface area contributed by atoms with Crippen LogP contribution in [0.5, 0.6) is 0 Å². The van der Waals surface area contributed by atoms with Gasteiger partial charge in [-0.1, -0.05) is 49.2 Å². The summed E-state index contributed by atoms with van der Waals surface area (Å²) in [6.07, 6.45) is 2.30. The number of carbonyl (C=O) groups excluding carboxylic acids is 2. The van der Waals surface area contributed by atoms with E-state index >= 15 is 0 Å². The zero-order chi connectivity index (χ0) is 18.1. The second-order valence-corrected chi connectivity index (χ2v) is 5.98. The number of unbranched alkanes of at least 4 members (excludes halogenated alkanes) is 1. The monoisotopic (exact) mass is 360 g/mol. The molecule has 2 aromatic rings. The molecule has 0 radical (unpaired) electrons. The quantitative estimate of drug-likeness (QED) is 0.506. The molecule has 0 aliphatic carbocycles. The van der Waals surface area contributed by atoms with Gasteiger partial charge in [-0.15, -0.1) is 0 Å². The summed E-state index contributed by atoms with van der Waals surface area (Å²) in [6, 6.07) is 13.9. The minimum absolute atomic E-state index is 0.222. The van der Waals surface area contributed by atoms with Crippen LogP contribution in [0.15, 0.2) is 48.5 Å². The summed E-state index contributed by atoms with van der Waals surface area (Å²) in [6.45, 7) is 2.58. The van der Waals surface area contributed by atoms with Crippen molar-refractivity contribution in [3.8, 4) is 0 Å². The summed E-state index contributed by atoms with van der Waals surface area (Å²) in [7, 11) is 0. The van der Waals surface area contributed by atoms with Crippen molar-refractivity contribution in [2.75, 3.05) is 13.2 Å². The van der Waals surface area contributed by atoms with E-state index in [1.165, 1.54) is 0 Å². The van der Waals surface area contributed by atoms with Crippen molar-refractivity contribution in [1.29, 1.82) is 0 Å². The van der Waals surface area contributed by atoms with Gasteiger partial charge in [0, 0.05) is 11.4 Å². The van der Waals surface area contributed by atoms with Crippen LogP contribution >= 0.6 is 11.6 Å². The molecule has 0 heterocycles. The fraction of sp³-hybridized carbons (Fsp3) is 0.300. The van der Waals surface area contributed by atoms with E-state index < -0.39 is 11.9 Å². The van der Waals surface area contributed by atoms with Gasteiger partial charge in [0.1, 0.15) is 0 Å². The highest BCUT2D eigenvalue weighted by Crippen LogP contribution is 2.14. The molecule has 0 amide bonds. The summed E-state index contributed by atoms with van der Waals surface area (Å²) < 4.78 is 10.5. The van der Waals surface area contributed by atoms with Gasteiger partial charge in [0.15, 0.2) is 0 Å². The molecule has 0 N–H and O–H groups in total. The maximum Gasteiger partial charge on any atom is 0.339 e. The molecule has 0 atom stereocenters. The highest BCUT2D eigenvalue weighted by atomic mass is 35.5. The fourth-order valence-electron chi connectivity index (χ4n) is 2.22. The first kappa shape index (κ1) is 19.0. The number of hydrogen-bond donors (Lipinski definition) is 0. The second kappa shape index (κ2) is 9.84. The molecule has 0 saturated heterocycles. The second-order valence-electron chi connectivity index (χ2n) is 5.55. The van der Waals surface area contributed by atoms with E-state index in [-0.39, 0.29) is 17.7 Å². The Hall–Kier alpha value is -2.33. The first-order chi connectivity index (χ1) is 12.1. The molecule has 132 valence electrons. The molecule has 0 aromatic heterocycles. The molecule has 4 nitrogen and oxygen atoms in total. The van der Waals surface area contributed by atoms with Crippen LogP contribution in [0.2, 0.25) is 5.02 Å². The van der Waals surface area contributed by atoms with Crippen LogP contribution in [0.1, 0.15) is 46.0 Å². The number of esters is 2. The van der Waals surface area contributed by atoms with Gasteiger partial charge < -0.3 is 9.47 Å². The minimum atomic E-state index is -0.531. The highest BCUT2D eigenvalue weighted by molar-refractivity contribution is 6.30. The van der Waals surface area contributed by atoms with Crippen molar-refractivity contribution in [2.24, 2.45) is 0 Å². The average molecular weight is 361 g/mol. The van der Waals surface area contributed by atoms with Crippen LogP contribution in [0, 0.1) is 0 Å². The van der Waals surface area contributed by atoms with Gasteiger partial charge in [-0.05, 0) is 36.2 Å². The minimum Gasteiger partial charge on any atom is -0.462 e. The van der Waals surface area contributed by atoms with Gasteiger partial charge in [0.05, 0.1) is 24.3 Å². The normalized spacial score (nSPS) is 10.3. The Bertz CT molecular complexity index is 710. The lowest BCUT2D eigenvalue weighted by molar-refractivity contribution is 0.0457. The Labute approximate surface area is 152 Å². The van der Waals surface area contributed by atoms with Crippen LogP contribution in [0.4, 0.5) is 0 Å². The highest BCUT2D eigenvalue weighted by Gasteiger charge is 2.18. The first-order valence-electron chi connectivity index (χ1n) is 8.29. The Kier molecular flexibility index (Phi) is 7.48. The van der Waals surface area contributed by atoms with E-state index in [2.05, 4.69) is 0 Å². The van der Waals surface area contributed by atoms with Crippen LogP contribution in [-0.4, -0.2) is 25.2 Å². The fourth-order valence-corrected chi connectivity index (χ4v) is 2.34. The lowest BCUT2D eigenvalue weighted by Crippen LogP contribution is -2.15. The van der Waals surface area contributed by atoms with Crippen molar-refractivity contribution >= 4 is 23.5 Å². The molecule has 0 spiro atoms. The molecule has 2 rings (SSSR count). The summed E-state index contributed by atoms with van der Waals surface area (Å²) >= 11 is 5.84. The molecule has 0 unspecified atom stereocenters. The van der Waals surface area contributed by atoms with Gasteiger partial charge in [-0.25, -0.2) is 9.59 Å². The Morgan fingerprint density at radius 2 is 1.44 bits per heavy atom. The molecule has 25 heavy (non-hydrogen) atoms. The third-order valence-electron chi connectivity index (χ3n) is 3.64. The van der Waals surface area contributed by atoms with Crippen LogP contribution in [-0.2, 0) is 15.9 Å². The number of carbonyl (C=O) groups is 2. The van der Waals surface area contributed by atoms with E-state index in [4.69, 9.17) is 21.1 Å². The number of ether oxygens (including phenoxy) is 2. The predicted octanol–water partition coefficient (Wildman–Crippen LogP) is 4.70. The SMILES string of the molecule is CCCCOC(=O)c1ccccc1C(=O)OCCc1ccc(Cl)cc1. The lowest BCUT2D eigenvalue weighted by atomic mass is 10.1. The summed E-state index contributed by atoms with van der Waals surface area (Å²) in [4.78, 5) is 24.4. The molecular formula is C20H21ClO4. The standard InChI is InChI=1S/C20H21ClO4/c1-2-3-13-24-19(22)17-6-4-5-7-18(17)20(23)25-14-12-15-8-10-16(21)11-9-15/h4-11H,2-3,12-14H2,1H3. The Balaban J connectivity index is 1.94. The van der Waals surface area contributed by atoms with Crippen LogP contribution in [0.3, 0.4) is 0 Å². The number of benzene rings is 2. The van der Waals surface area contributed by atoms with Gasteiger partial charge in [0.25, 0.3) is 0 Å².